The summed E-state index contributed by atoms with van der Waals surface area (Å²) in [6, 6.07) is -0.646. The predicted octanol–water partition coefficient (Wildman–Crippen LogP) is 0.688. The van der Waals surface area contributed by atoms with Crippen molar-refractivity contribution in [2.45, 2.75) is 25.3 Å². The summed E-state index contributed by atoms with van der Waals surface area (Å²) >= 11 is 0. The fourth-order valence-corrected chi connectivity index (χ4v) is 3.67. The minimum atomic E-state index is -2.08. The molecular formula is C14H15BrF5N. The van der Waals surface area contributed by atoms with Crippen LogP contribution in [0.3, 0.4) is 0 Å². The quantitative estimate of drug-likeness (QED) is 0.295. The Kier molecular flexibility index (Phi) is 4.37. The highest BCUT2D eigenvalue weighted by atomic mass is 79.9. The second-order valence-electron chi connectivity index (χ2n) is 6.11. The molecule has 1 atom stereocenters. The van der Waals surface area contributed by atoms with Crippen molar-refractivity contribution in [2.24, 2.45) is 5.92 Å². The van der Waals surface area contributed by atoms with Crippen LogP contribution in [0.2, 0.25) is 0 Å². The largest absolute Gasteiger partial charge is 1.00 e. The van der Waals surface area contributed by atoms with Gasteiger partial charge in [-0.2, -0.15) is 0 Å². The van der Waals surface area contributed by atoms with Crippen molar-refractivity contribution in [3.05, 3.63) is 34.6 Å². The fraction of sp³-hybridized carbons (Fsp3) is 0.571. The lowest BCUT2D eigenvalue weighted by molar-refractivity contribution is -0.955. The SMILES string of the molecule is C[N+]12CCC(CC1)CC2c1c(F)c(F)c(F)c(F)c1F.[Br-]. The molecule has 1 nitrogen and oxygen atoms in total. The minimum Gasteiger partial charge on any atom is -1.00 e. The van der Waals surface area contributed by atoms with E-state index in [0.29, 0.717) is 16.8 Å². The Morgan fingerprint density at radius 3 is 1.67 bits per heavy atom. The first-order valence-electron chi connectivity index (χ1n) is 6.70. The van der Waals surface area contributed by atoms with Gasteiger partial charge in [0.15, 0.2) is 23.3 Å². The lowest BCUT2D eigenvalue weighted by Gasteiger charge is -2.52. The Bertz CT molecular complexity index is 540. The Morgan fingerprint density at radius 2 is 1.24 bits per heavy atom. The zero-order valence-corrected chi connectivity index (χ0v) is 13.0. The maximum atomic E-state index is 14.0. The van der Waals surface area contributed by atoms with Crippen molar-refractivity contribution in [1.29, 1.82) is 0 Å². The molecule has 0 N–H and O–H groups in total. The van der Waals surface area contributed by atoms with E-state index in [1.54, 1.807) is 0 Å². The number of quaternary nitrogens is 1. The Hall–Kier alpha value is -0.690. The molecule has 118 valence electrons. The average molecular weight is 372 g/mol. The number of halogens is 6. The van der Waals surface area contributed by atoms with Gasteiger partial charge in [0.25, 0.3) is 0 Å². The van der Waals surface area contributed by atoms with Crippen LogP contribution in [0.25, 0.3) is 0 Å². The first kappa shape index (κ1) is 16.7. The molecule has 3 heterocycles. The van der Waals surface area contributed by atoms with Crippen molar-refractivity contribution >= 4 is 0 Å². The molecule has 4 rings (SSSR count). The molecule has 3 aliphatic rings. The van der Waals surface area contributed by atoms with Crippen LogP contribution in [-0.4, -0.2) is 24.6 Å². The number of hydrogen-bond donors (Lipinski definition) is 0. The molecule has 7 heteroatoms. The van der Waals surface area contributed by atoms with Gasteiger partial charge >= 0.3 is 0 Å². The zero-order chi connectivity index (χ0) is 14.7. The fourth-order valence-electron chi connectivity index (χ4n) is 3.67. The molecule has 1 aromatic rings. The highest BCUT2D eigenvalue weighted by Crippen LogP contribution is 2.47. The van der Waals surface area contributed by atoms with Crippen molar-refractivity contribution in [3.63, 3.8) is 0 Å². The zero-order valence-electron chi connectivity index (χ0n) is 11.4. The van der Waals surface area contributed by atoms with E-state index in [0.717, 1.165) is 25.9 Å². The first-order chi connectivity index (χ1) is 9.35. The number of benzene rings is 1. The van der Waals surface area contributed by atoms with E-state index < -0.39 is 40.7 Å². The van der Waals surface area contributed by atoms with Crippen LogP contribution in [0.1, 0.15) is 30.9 Å². The van der Waals surface area contributed by atoms with Crippen LogP contribution >= 0.6 is 0 Å². The monoisotopic (exact) mass is 371 g/mol. The summed E-state index contributed by atoms with van der Waals surface area (Å²) in [6.07, 6.45) is 2.37. The summed E-state index contributed by atoms with van der Waals surface area (Å²) in [5.74, 6) is -8.78. The molecule has 3 fully saturated rings. The van der Waals surface area contributed by atoms with E-state index in [1.165, 1.54) is 0 Å². The molecular weight excluding hydrogens is 357 g/mol. The summed E-state index contributed by atoms with van der Waals surface area (Å²) in [7, 11) is 1.83. The van der Waals surface area contributed by atoms with Crippen LogP contribution < -0.4 is 17.0 Å². The molecule has 0 spiro atoms. The number of fused-ring (bicyclic) bond motifs is 3. The molecule has 3 aliphatic heterocycles. The second kappa shape index (κ2) is 5.50. The van der Waals surface area contributed by atoms with Crippen molar-refractivity contribution in [1.82, 2.24) is 0 Å². The summed E-state index contributed by atoms with van der Waals surface area (Å²) in [5.41, 5.74) is -0.631. The van der Waals surface area contributed by atoms with E-state index in [2.05, 4.69) is 0 Å². The van der Waals surface area contributed by atoms with Crippen molar-refractivity contribution in [2.75, 3.05) is 20.1 Å². The topological polar surface area (TPSA) is 0 Å². The van der Waals surface area contributed by atoms with Crippen LogP contribution in [0.5, 0.6) is 0 Å². The summed E-state index contributed by atoms with van der Waals surface area (Å²) in [4.78, 5) is 0. The lowest BCUT2D eigenvalue weighted by Crippen LogP contribution is -3.00. The molecule has 2 bridgehead atoms. The third-order valence-electron chi connectivity index (χ3n) is 4.98. The van der Waals surface area contributed by atoms with E-state index >= 15 is 0 Å². The van der Waals surface area contributed by atoms with Crippen LogP contribution in [-0.2, 0) is 0 Å². The molecule has 0 aliphatic carbocycles. The summed E-state index contributed by atoms with van der Waals surface area (Å²) in [5, 5.41) is 0. The van der Waals surface area contributed by atoms with Gasteiger partial charge in [-0.3, -0.25) is 0 Å². The highest BCUT2D eigenvalue weighted by molar-refractivity contribution is 5.26. The third kappa shape index (κ3) is 2.38. The van der Waals surface area contributed by atoms with Gasteiger partial charge < -0.3 is 21.5 Å². The number of hydrogen-bond acceptors (Lipinski definition) is 0. The Morgan fingerprint density at radius 1 is 0.810 bits per heavy atom. The van der Waals surface area contributed by atoms with Crippen molar-refractivity contribution < 1.29 is 43.4 Å². The van der Waals surface area contributed by atoms with Gasteiger partial charge in [0.05, 0.1) is 25.7 Å². The number of rotatable bonds is 1. The van der Waals surface area contributed by atoms with Gasteiger partial charge in [0.2, 0.25) is 5.82 Å². The standard InChI is InChI=1S/C14H15F5N.BrH/c1-20-4-2-7(3-5-20)6-8(20)9-10(15)12(17)14(19)13(18)11(9)16;/h7-8H,2-6H2,1H3;1H/q+1;/p-1. The molecule has 0 radical (unpaired) electrons. The van der Waals surface area contributed by atoms with E-state index in [9.17, 15) is 22.0 Å². The normalized spacial score (nSPS) is 31.1. The molecule has 0 saturated carbocycles. The second-order valence-corrected chi connectivity index (χ2v) is 6.11. The van der Waals surface area contributed by atoms with Crippen LogP contribution in [0, 0.1) is 35.0 Å². The van der Waals surface area contributed by atoms with E-state index in [1.807, 2.05) is 7.05 Å². The predicted molar refractivity (Wildman–Crippen MR) is 62.2 cm³/mol. The Labute approximate surface area is 130 Å². The van der Waals surface area contributed by atoms with E-state index in [4.69, 9.17) is 0 Å². The smallest absolute Gasteiger partial charge is 0.200 e. The van der Waals surface area contributed by atoms with E-state index in [-0.39, 0.29) is 17.0 Å². The van der Waals surface area contributed by atoms with Crippen LogP contribution in [0.4, 0.5) is 22.0 Å². The maximum absolute atomic E-state index is 14.0. The maximum Gasteiger partial charge on any atom is 0.200 e. The van der Waals surface area contributed by atoms with Gasteiger partial charge in [0, 0.05) is 6.42 Å². The average Bonchev–Trinajstić information content (AvgIpc) is 2.44. The number of nitrogens with zero attached hydrogens (tertiary/aromatic N) is 1. The molecule has 1 aromatic carbocycles. The molecule has 3 saturated heterocycles. The molecule has 21 heavy (non-hydrogen) atoms. The molecule has 0 aromatic heterocycles. The lowest BCUT2D eigenvalue weighted by atomic mass is 9.78. The Balaban J connectivity index is 0.00000161. The van der Waals surface area contributed by atoms with Gasteiger partial charge in [0.1, 0.15) is 6.04 Å². The van der Waals surface area contributed by atoms with Crippen LogP contribution in [0.15, 0.2) is 0 Å². The van der Waals surface area contributed by atoms with Gasteiger partial charge in [-0.25, -0.2) is 22.0 Å². The summed E-state index contributed by atoms with van der Waals surface area (Å²) < 4.78 is 68.1. The highest BCUT2D eigenvalue weighted by Gasteiger charge is 2.48. The van der Waals surface area contributed by atoms with Gasteiger partial charge in [-0.05, 0) is 18.8 Å². The first-order valence-corrected chi connectivity index (χ1v) is 6.70. The van der Waals surface area contributed by atoms with Gasteiger partial charge in [-0.15, -0.1) is 0 Å². The third-order valence-corrected chi connectivity index (χ3v) is 4.98. The molecule has 1 unspecified atom stereocenters. The van der Waals surface area contributed by atoms with Gasteiger partial charge in [-0.1, -0.05) is 0 Å². The summed E-state index contributed by atoms with van der Waals surface area (Å²) in [6.45, 7) is 1.43. The minimum absolute atomic E-state index is 0. The number of piperidine rings is 3. The molecule has 0 amide bonds. The van der Waals surface area contributed by atoms with Crippen molar-refractivity contribution in [3.8, 4) is 0 Å².